The summed E-state index contributed by atoms with van der Waals surface area (Å²) in [6.45, 7) is -0.571. The molecule has 1 saturated heterocycles. The van der Waals surface area contributed by atoms with Crippen LogP contribution in [0.15, 0.2) is 24.3 Å². The highest BCUT2D eigenvalue weighted by Crippen LogP contribution is 2.55. The average molecular weight is 442 g/mol. The molecule has 27 heavy (non-hydrogen) atoms. The second-order valence-electron chi connectivity index (χ2n) is 5.72. The molecule has 0 radical (unpaired) electrons. The van der Waals surface area contributed by atoms with Crippen molar-refractivity contribution in [3.05, 3.63) is 39.9 Å². The fourth-order valence-corrected chi connectivity index (χ4v) is 7.37. The maximum atomic E-state index is 12.9. The molecule has 1 heterocycles. The highest BCUT2D eigenvalue weighted by atomic mass is 32.2. The Morgan fingerprint density at radius 1 is 1.37 bits per heavy atom. The predicted molar refractivity (Wildman–Crippen MR) is 103 cm³/mol. The molecule has 0 aromatic heterocycles. The predicted octanol–water partition coefficient (Wildman–Crippen LogP) is 4.44. The molecule has 1 aliphatic rings. The van der Waals surface area contributed by atoms with Crippen molar-refractivity contribution in [1.82, 2.24) is 0 Å². The van der Waals surface area contributed by atoms with Gasteiger partial charge in [0.1, 0.15) is 9.83 Å². The molecule has 0 amide bonds. The molecule has 0 N–H and O–H groups in total. The van der Waals surface area contributed by atoms with E-state index in [2.05, 4.69) is 0 Å². The summed E-state index contributed by atoms with van der Waals surface area (Å²) in [7, 11) is 1.41. The normalized spacial score (nSPS) is 17.9. The van der Waals surface area contributed by atoms with E-state index in [0.29, 0.717) is 22.8 Å². The van der Waals surface area contributed by atoms with E-state index in [1.165, 1.54) is 30.6 Å². The lowest BCUT2D eigenvalue weighted by atomic mass is 9.94. The number of para-hydroxylation sites is 1. The molecule has 11 heteroatoms. The monoisotopic (exact) mass is 441 g/mol. The third-order valence-corrected chi connectivity index (χ3v) is 8.68. The minimum Gasteiger partial charge on any atom is -0.496 e. The molecule has 2 rings (SSSR count). The molecule has 1 atom stereocenters. The Morgan fingerprint density at radius 2 is 2.00 bits per heavy atom. The number of rotatable bonds is 7. The van der Waals surface area contributed by atoms with Crippen molar-refractivity contribution >= 4 is 40.4 Å². The number of carbonyl (C=O) groups excluding carboxylic acids is 1. The summed E-state index contributed by atoms with van der Waals surface area (Å²) in [5.74, 6) is -0.744. The van der Waals surface area contributed by atoms with Gasteiger partial charge in [-0.15, -0.1) is 23.5 Å². The van der Waals surface area contributed by atoms with E-state index < -0.39 is 38.5 Å². The van der Waals surface area contributed by atoms with Crippen molar-refractivity contribution < 1.29 is 27.6 Å². The molecule has 0 unspecified atom stereocenters. The van der Waals surface area contributed by atoms with Gasteiger partial charge in [-0.3, -0.25) is 14.9 Å². The van der Waals surface area contributed by atoms with Gasteiger partial charge < -0.3 is 4.74 Å². The van der Waals surface area contributed by atoms with Crippen molar-refractivity contribution in [1.29, 1.82) is 0 Å². The summed E-state index contributed by atoms with van der Waals surface area (Å²) in [5.41, 5.74) is 0.458. The van der Waals surface area contributed by atoms with Crippen LogP contribution in [0.3, 0.4) is 0 Å². The Labute approximate surface area is 167 Å². The fraction of sp³-hybridized carbons (Fsp3) is 0.562. The van der Waals surface area contributed by atoms with E-state index in [9.17, 15) is 28.1 Å². The maximum Gasteiger partial charge on any atom is 0.398 e. The van der Waals surface area contributed by atoms with Gasteiger partial charge in [0.25, 0.3) is 0 Å². The molecule has 0 aliphatic carbocycles. The van der Waals surface area contributed by atoms with E-state index in [1.807, 2.05) is 0 Å². The van der Waals surface area contributed by atoms with Gasteiger partial charge >= 0.3 is 6.18 Å². The zero-order valence-electron chi connectivity index (χ0n) is 14.4. The van der Waals surface area contributed by atoms with Crippen molar-refractivity contribution in [2.75, 3.05) is 30.9 Å². The van der Waals surface area contributed by atoms with E-state index in [4.69, 9.17) is 4.74 Å². The first-order chi connectivity index (χ1) is 12.7. The number of carbonyl (C=O) groups is 1. The number of thioether (sulfide) groups is 3. The quantitative estimate of drug-likeness (QED) is 0.458. The van der Waals surface area contributed by atoms with Crippen LogP contribution in [0.5, 0.6) is 5.75 Å². The van der Waals surface area contributed by atoms with Crippen LogP contribution in [0.2, 0.25) is 0 Å². The maximum absolute atomic E-state index is 12.9. The third-order valence-electron chi connectivity index (χ3n) is 3.88. The minimum atomic E-state index is -4.49. The van der Waals surface area contributed by atoms with Gasteiger partial charge in [0.15, 0.2) is 0 Å². The number of methoxy groups -OCH3 is 1. The van der Waals surface area contributed by atoms with Crippen molar-refractivity contribution in [2.45, 2.75) is 22.6 Å². The fourth-order valence-electron chi connectivity index (χ4n) is 2.78. The molecule has 5 nitrogen and oxygen atoms in total. The van der Waals surface area contributed by atoms with Crippen LogP contribution in [0.25, 0.3) is 0 Å². The highest BCUT2D eigenvalue weighted by molar-refractivity contribution is 8.25. The molecule has 150 valence electrons. The van der Waals surface area contributed by atoms with Gasteiger partial charge in [0.2, 0.25) is 11.7 Å². The van der Waals surface area contributed by atoms with Crippen LogP contribution >= 0.6 is 35.3 Å². The molecular weight excluding hydrogens is 423 g/mol. The topological polar surface area (TPSA) is 69.4 Å². The van der Waals surface area contributed by atoms with Gasteiger partial charge in [-0.05, 0) is 24.0 Å². The summed E-state index contributed by atoms with van der Waals surface area (Å²) in [6.07, 6.45) is -3.71. The number of nitrogens with zero attached hydrogens (tertiary/aromatic N) is 1. The Kier molecular flexibility index (Phi) is 7.75. The molecule has 1 aromatic carbocycles. The Bertz CT molecular complexity index is 681. The first-order valence-electron chi connectivity index (χ1n) is 7.96. The van der Waals surface area contributed by atoms with E-state index in [0.717, 1.165) is 6.42 Å². The Morgan fingerprint density at radius 3 is 2.56 bits per heavy atom. The highest BCUT2D eigenvalue weighted by Gasteiger charge is 2.52. The minimum absolute atomic E-state index is 0.183. The number of ether oxygens (including phenoxy) is 1. The summed E-state index contributed by atoms with van der Waals surface area (Å²) in [4.78, 5) is 23.7. The van der Waals surface area contributed by atoms with Crippen LogP contribution in [0.1, 0.15) is 17.9 Å². The average Bonchev–Trinajstić information content (AvgIpc) is 2.64. The van der Waals surface area contributed by atoms with Crippen LogP contribution in [-0.2, 0) is 4.79 Å². The lowest BCUT2D eigenvalue weighted by molar-refractivity contribution is -0.483. The van der Waals surface area contributed by atoms with Gasteiger partial charge in [-0.25, -0.2) is 0 Å². The number of nitro groups is 1. The number of halogens is 3. The number of hydrogen-bond donors (Lipinski definition) is 0. The Balaban J connectivity index is 2.47. The largest absolute Gasteiger partial charge is 0.496 e. The molecule has 0 bridgehead atoms. The second kappa shape index (κ2) is 9.42. The van der Waals surface area contributed by atoms with Gasteiger partial charge in [-0.2, -0.15) is 13.2 Å². The Hall–Kier alpha value is -1.07. The van der Waals surface area contributed by atoms with Gasteiger partial charge in [-0.1, -0.05) is 30.0 Å². The molecule has 1 aliphatic heterocycles. The van der Waals surface area contributed by atoms with Gasteiger partial charge in [0.05, 0.1) is 18.8 Å². The van der Waals surface area contributed by atoms with Crippen molar-refractivity contribution in [2.24, 2.45) is 0 Å². The zero-order chi connectivity index (χ0) is 20.1. The summed E-state index contributed by atoms with van der Waals surface area (Å²) < 4.78 is 41.9. The number of hydrogen-bond acceptors (Lipinski definition) is 7. The van der Waals surface area contributed by atoms with Crippen LogP contribution < -0.4 is 4.74 Å². The summed E-state index contributed by atoms with van der Waals surface area (Å²) >= 11 is 2.58. The molecule has 0 spiro atoms. The first-order valence-corrected chi connectivity index (χ1v) is 10.9. The molecule has 1 aromatic rings. The van der Waals surface area contributed by atoms with Crippen LogP contribution in [-0.4, -0.2) is 51.2 Å². The second-order valence-corrected chi connectivity index (χ2v) is 9.61. The number of alkyl halides is 3. The molecular formula is C16H18F3NO4S3. The molecule has 1 fully saturated rings. The smallest absolute Gasteiger partial charge is 0.398 e. The standard InChI is InChI=1S/C16H18F3NO4S3/c1-24-13-6-3-2-5-11(13)12(9-20(22)23)16(26-7-4-8-27-16)14(21)25-10-15(17,18)19/h2-3,5-6,12H,4,7-10H2,1H3/t12-/m1/s1. The van der Waals surface area contributed by atoms with E-state index in [-0.39, 0.29) is 11.8 Å². The van der Waals surface area contributed by atoms with Crippen LogP contribution in [0, 0.1) is 10.1 Å². The molecule has 0 saturated carbocycles. The number of benzene rings is 1. The van der Waals surface area contributed by atoms with E-state index >= 15 is 0 Å². The van der Waals surface area contributed by atoms with Crippen molar-refractivity contribution in [3.8, 4) is 5.75 Å². The lowest BCUT2D eigenvalue weighted by Gasteiger charge is -2.39. The van der Waals surface area contributed by atoms with E-state index in [1.54, 1.807) is 24.3 Å². The third kappa shape index (κ3) is 5.71. The summed E-state index contributed by atoms with van der Waals surface area (Å²) in [5, 5.41) is 10.7. The van der Waals surface area contributed by atoms with Crippen LogP contribution in [0.4, 0.5) is 13.2 Å². The summed E-state index contributed by atoms with van der Waals surface area (Å²) in [6, 6.07) is 6.62. The SMILES string of the molecule is COc1ccccc1[C@@H](C[N+](=O)[O-])C1(C(=O)SCC(F)(F)F)SCCCS1. The zero-order valence-corrected chi connectivity index (χ0v) is 16.8. The van der Waals surface area contributed by atoms with Gasteiger partial charge in [0, 0.05) is 10.5 Å². The van der Waals surface area contributed by atoms with Crippen molar-refractivity contribution in [3.63, 3.8) is 0 Å². The lowest BCUT2D eigenvalue weighted by Crippen LogP contribution is -2.43. The first kappa shape index (κ1) is 22.2.